The van der Waals surface area contributed by atoms with Crippen LogP contribution in [0.5, 0.6) is 0 Å². The van der Waals surface area contributed by atoms with E-state index in [9.17, 15) is 0 Å². The van der Waals surface area contributed by atoms with E-state index in [1.165, 1.54) is 42.0 Å². The Morgan fingerprint density at radius 1 is 0.442 bits per heavy atom. The van der Waals surface area contributed by atoms with Crippen molar-refractivity contribution in [2.75, 3.05) is 0 Å². The van der Waals surface area contributed by atoms with Crippen molar-refractivity contribution in [3.05, 3.63) is 140 Å². The predicted octanol–water partition coefficient (Wildman–Crippen LogP) is 12.0. The fraction of sp³-hybridized carbons (Fsp3) is 0. The van der Waals surface area contributed by atoms with Gasteiger partial charge in [-0.2, -0.15) is 9.97 Å². The lowest BCUT2D eigenvalue weighted by molar-refractivity contribution is 0.669. The molecule has 6 aromatic heterocycles. The van der Waals surface area contributed by atoms with Crippen LogP contribution in [0.2, 0.25) is 0 Å². The number of nitrogens with zero attached hydrogens (tertiary/aromatic N) is 5. The highest BCUT2D eigenvalue weighted by Gasteiger charge is 2.27. The third-order valence-electron chi connectivity index (χ3n) is 10.9. The van der Waals surface area contributed by atoms with Crippen LogP contribution < -0.4 is 0 Å². The van der Waals surface area contributed by atoms with E-state index >= 15 is 0 Å². The van der Waals surface area contributed by atoms with Crippen LogP contribution in [0, 0.1) is 0 Å². The fourth-order valence-corrected chi connectivity index (χ4v) is 9.90. The number of fused-ring (bicyclic) bond motifs is 7. The van der Waals surface area contributed by atoms with Gasteiger partial charge in [0.15, 0.2) is 11.6 Å². The van der Waals surface area contributed by atoms with E-state index in [1.54, 1.807) is 11.3 Å². The van der Waals surface area contributed by atoms with Gasteiger partial charge in [0.2, 0.25) is 5.95 Å². The molecule has 0 aliphatic heterocycles. The Morgan fingerprint density at radius 3 is 2.06 bits per heavy atom. The van der Waals surface area contributed by atoms with Gasteiger partial charge >= 0.3 is 0 Å². The van der Waals surface area contributed by atoms with Crippen LogP contribution >= 0.6 is 11.3 Å². The van der Waals surface area contributed by atoms with Crippen molar-refractivity contribution in [1.29, 1.82) is 0 Å². The highest BCUT2D eigenvalue weighted by atomic mass is 32.1. The van der Waals surface area contributed by atoms with Crippen LogP contribution in [0.4, 0.5) is 0 Å². The smallest absolute Gasteiger partial charge is 0.238 e. The molecular weight excluding hydrogens is 659 g/mol. The quantitative estimate of drug-likeness (QED) is 0.186. The Labute approximate surface area is 298 Å². The Balaban J connectivity index is 1.18. The molecule has 0 aliphatic carbocycles. The van der Waals surface area contributed by atoms with Crippen LogP contribution in [0.25, 0.3) is 120 Å². The third kappa shape index (κ3) is 3.32. The minimum atomic E-state index is 0.577. The lowest BCUT2D eigenvalue weighted by atomic mass is 10.0. The van der Waals surface area contributed by atoms with Gasteiger partial charge in [-0.15, -0.1) is 11.3 Å². The molecule has 0 atom stereocenters. The second-order valence-corrected chi connectivity index (χ2v) is 14.7. The second-order valence-electron chi connectivity index (χ2n) is 13.6. The average Bonchev–Trinajstić information content (AvgIpc) is 3.92. The van der Waals surface area contributed by atoms with Crippen molar-refractivity contribution >= 4 is 103 Å². The maximum atomic E-state index is 6.60. The van der Waals surface area contributed by atoms with Crippen molar-refractivity contribution in [2.45, 2.75) is 0 Å². The maximum Gasteiger partial charge on any atom is 0.238 e. The van der Waals surface area contributed by atoms with Crippen LogP contribution in [0.15, 0.2) is 144 Å². The van der Waals surface area contributed by atoms with Gasteiger partial charge in [0, 0.05) is 58.2 Å². The monoisotopic (exact) mass is 681 g/mol. The van der Waals surface area contributed by atoms with Crippen molar-refractivity contribution in [1.82, 2.24) is 23.9 Å². The number of aromatic nitrogens is 5. The number of hydrogen-bond acceptors (Lipinski definition) is 5. The second kappa shape index (κ2) is 9.48. The van der Waals surface area contributed by atoms with Gasteiger partial charge < -0.3 is 8.82 Å². The summed E-state index contributed by atoms with van der Waals surface area (Å²) in [7, 11) is 0. The van der Waals surface area contributed by atoms with E-state index in [4.69, 9.17) is 19.4 Å². The first-order valence-electron chi connectivity index (χ1n) is 17.4. The third-order valence-corrected chi connectivity index (χ3v) is 12.0. The molecule has 0 radical (unpaired) electrons. The molecular formula is C45H23N5OS. The van der Waals surface area contributed by atoms with E-state index in [0.29, 0.717) is 17.6 Å². The minimum absolute atomic E-state index is 0.577. The Kier molecular flexibility index (Phi) is 4.92. The van der Waals surface area contributed by atoms with Gasteiger partial charge in [0.05, 0.1) is 33.0 Å². The zero-order valence-corrected chi connectivity index (χ0v) is 28.1. The van der Waals surface area contributed by atoms with E-state index in [2.05, 4.69) is 130 Å². The molecule has 7 heteroatoms. The van der Waals surface area contributed by atoms with Crippen LogP contribution in [0.1, 0.15) is 0 Å². The number of hydrogen-bond donors (Lipinski definition) is 0. The van der Waals surface area contributed by atoms with Crippen LogP contribution in [-0.2, 0) is 0 Å². The summed E-state index contributed by atoms with van der Waals surface area (Å²) in [5.41, 5.74) is 9.21. The zero-order chi connectivity index (χ0) is 33.7. The van der Waals surface area contributed by atoms with Gasteiger partial charge in [-0.1, -0.05) is 84.9 Å². The summed E-state index contributed by atoms with van der Waals surface area (Å²) in [4.78, 5) is 15.7. The zero-order valence-electron chi connectivity index (χ0n) is 27.3. The number of rotatable bonds is 3. The summed E-state index contributed by atoms with van der Waals surface area (Å²) in [6.07, 6.45) is 0. The molecule has 0 saturated heterocycles. The molecule has 0 unspecified atom stereocenters. The molecule has 52 heavy (non-hydrogen) atoms. The standard InChI is InChI=1S/C45H23N5OS/c1-2-9-24(10-3-1)43-46-44(25-17-18-28-27-12-5-7-16-36(27)52-37(28)23-25)48-45(47-43)50-32-15-8-14-31-38(32)39-33(50)20-22-34-40(39)41-35(51-34)21-19-29-26-11-4-6-13-30(26)49(31)42(29)41/h1-23H. The molecule has 13 aromatic rings. The molecule has 0 aliphatic rings. The largest absolute Gasteiger partial charge is 0.456 e. The highest BCUT2D eigenvalue weighted by Crippen LogP contribution is 2.48. The summed E-state index contributed by atoms with van der Waals surface area (Å²) < 4.78 is 13.7. The van der Waals surface area contributed by atoms with E-state index in [1.807, 2.05) is 18.2 Å². The minimum Gasteiger partial charge on any atom is -0.456 e. The number of para-hydroxylation sites is 1. The van der Waals surface area contributed by atoms with E-state index in [-0.39, 0.29) is 0 Å². The fourth-order valence-electron chi connectivity index (χ4n) is 8.76. The Hall–Kier alpha value is -6.83. The normalized spacial score (nSPS) is 12.6. The van der Waals surface area contributed by atoms with Gasteiger partial charge in [0.1, 0.15) is 11.2 Å². The molecule has 0 spiro atoms. The van der Waals surface area contributed by atoms with Crippen molar-refractivity contribution in [3.8, 4) is 28.7 Å². The van der Waals surface area contributed by atoms with E-state index < -0.39 is 0 Å². The number of benzene rings is 7. The summed E-state index contributed by atoms with van der Waals surface area (Å²) in [6.45, 7) is 0. The molecule has 0 N–H and O–H groups in total. The summed E-state index contributed by atoms with van der Waals surface area (Å²) in [5, 5.41) is 9.54. The summed E-state index contributed by atoms with van der Waals surface area (Å²) in [6, 6.07) is 49.2. The van der Waals surface area contributed by atoms with Crippen LogP contribution in [0.3, 0.4) is 0 Å². The van der Waals surface area contributed by atoms with Crippen LogP contribution in [-0.4, -0.2) is 23.9 Å². The van der Waals surface area contributed by atoms with Gasteiger partial charge in [0.25, 0.3) is 0 Å². The maximum absolute atomic E-state index is 6.60. The van der Waals surface area contributed by atoms with Gasteiger partial charge in [-0.25, -0.2) is 4.98 Å². The first-order chi connectivity index (χ1) is 25.8. The molecule has 0 bridgehead atoms. The van der Waals surface area contributed by atoms with Crippen molar-refractivity contribution in [2.24, 2.45) is 0 Å². The lowest BCUT2D eigenvalue weighted by Gasteiger charge is -2.11. The topological polar surface area (TPSA) is 61.2 Å². The average molecular weight is 682 g/mol. The first-order valence-corrected chi connectivity index (χ1v) is 18.2. The summed E-state index contributed by atoms with van der Waals surface area (Å²) >= 11 is 1.80. The molecule has 0 saturated carbocycles. The molecule has 7 aromatic carbocycles. The molecule has 6 heterocycles. The van der Waals surface area contributed by atoms with Gasteiger partial charge in [-0.3, -0.25) is 4.57 Å². The molecule has 13 rings (SSSR count). The lowest BCUT2D eigenvalue weighted by Crippen LogP contribution is -2.06. The number of furan rings is 1. The first kappa shape index (κ1) is 27.0. The Morgan fingerprint density at radius 2 is 1.13 bits per heavy atom. The van der Waals surface area contributed by atoms with Crippen molar-refractivity contribution < 1.29 is 4.42 Å². The molecule has 0 fully saturated rings. The summed E-state index contributed by atoms with van der Waals surface area (Å²) in [5.74, 6) is 1.84. The molecule has 240 valence electrons. The molecule has 0 amide bonds. The highest BCUT2D eigenvalue weighted by molar-refractivity contribution is 7.25. The van der Waals surface area contributed by atoms with E-state index in [0.717, 1.165) is 60.4 Å². The van der Waals surface area contributed by atoms with Crippen molar-refractivity contribution in [3.63, 3.8) is 0 Å². The Bertz CT molecular complexity index is 3590. The number of thiophene rings is 1. The SMILES string of the molecule is c1ccc(-c2nc(-c3ccc4c(c3)sc3ccccc34)nc(-n3c4ccc5oc6ccc7c8ccccc8n8c9cccc3c9c4c5c6c78)n2)cc1. The molecule has 6 nitrogen and oxygen atoms in total. The van der Waals surface area contributed by atoms with Gasteiger partial charge in [-0.05, 0) is 54.6 Å². The predicted molar refractivity (Wildman–Crippen MR) is 214 cm³/mol.